The van der Waals surface area contributed by atoms with Crippen LogP contribution in [0.5, 0.6) is 5.75 Å². The first kappa shape index (κ1) is 16.4. The third kappa shape index (κ3) is 4.26. The first-order valence-electron chi connectivity index (χ1n) is 6.52. The van der Waals surface area contributed by atoms with Crippen molar-refractivity contribution >= 4 is 34.9 Å². The van der Waals surface area contributed by atoms with Crippen molar-refractivity contribution in [2.24, 2.45) is 0 Å². The number of urea groups is 1. The number of carbonyl (C=O) groups excluding carboxylic acids is 1. The molecule has 0 aliphatic carbocycles. The minimum atomic E-state index is -0.433. The van der Waals surface area contributed by atoms with E-state index in [2.05, 4.69) is 15.6 Å². The van der Waals surface area contributed by atoms with Crippen LogP contribution < -0.4 is 15.4 Å². The largest absolute Gasteiger partial charge is 0.473 e. The molecule has 0 bridgehead atoms. The van der Waals surface area contributed by atoms with Gasteiger partial charge in [0.25, 0.3) is 0 Å². The molecule has 0 fully saturated rings. The van der Waals surface area contributed by atoms with E-state index >= 15 is 0 Å². The zero-order valence-corrected chi connectivity index (χ0v) is 13.6. The number of amides is 2. The molecule has 0 saturated carbocycles. The number of hydrogen-bond acceptors (Lipinski definition) is 3. The molecule has 116 valence electrons. The SMILES string of the molecule is Cc1cc(OCNC(=O)Nc2cccnc2Cl)cc(C)c1Cl. The summed E-state index contributed by atoms with van der Waals surface area (Å²) in [4.78, 5) is 15.6. The normalized spacial score (nSPS) is 10.2. The average Bonchev–Trinajstić information content (AvgIpc) is 2.47. The summed E-state index contributed by atoms with van der Waals surface area (Å²) in [7, 11) is 0. The minimum absolute atomic E-state index is 0.0181. The van der Waals surface area contributed by atoms with E-state index in [1.165, 1.54) is 0 Å². The summed E-state index contributed by atoms with van der Waals surface area (Å²) in [5.74, 6) is 0.638. The van der Waals surface area contributed by atoms with Gasteiger partial charge in [0, 0.05) is 11.2 Å². The zero-order chi connectivity index (χ0) is 16.1. The predicted octanol–water partition coefficient (Wildman–Crippen LogP) is 4.16. The molecular weight excluding hydrogens is 325 g/mol. The monoisotopic (exact) mass is 339 g/mol. The molecule has 2 rings (SSSR count). The van der Waals surface area contributed by atoms with Crippen molar-refractivity contribution < 1.29 is 9.53 Å². The summed E-state index contributed by atoms with van der Waals surface area (Å²) < 4.78 is 5.48. The Kier molecular flexibility index (Phi) is 5.46. The molecule has 0 spiro atoms. The lowest BCUT2D eigenvalue weighted by atomic mass is 10.1. The van der Waals surface area contributed by atoms with Gasteiger partial charge in [0.2, 0.25) is 0 Å². The van der Waals surface area contributed by atoms with Gasteiger partial charge < -0.3 is 15.4 Å². The van der Waals surface area contributed by atoms with Gasteiger partial charge in [-0.3, -0.25) is 0 Å². The molecule has 1 heterocycles. The van der Waals surface area contributed by atoms with Gasteiger partial charge in [0.1, 0.15) is 5.75 Å². The standard InChI is InChI=1S/C15H15Cl2N3O2/c1-9-6-11(7-10(2)13(9)16)22-8-19-15(21)20-12-4-3-5-18-14(12)17/h3-7H,8H2,1-2H3,(H2,19,20,21). The Balaban J connectivity index is 1.86. The lowest BCUT2D eigenvalue weighted by Crippen LogP contribution is -2.32. The predicted molar refractivity (Wildman–Crippen MR) is 87.8 cm³/mol. The minimum Gasteiger partial charge on any atom is -0.473 e. The molecule has 0 atom stereocenters. The summed E-state index contributed by atoms with van der Waals surface area (Å²) in [6.07, 6.45) is 1.54. The van der Waals surface area contributed by atoms with Crippen molar-refractivity contribution in [1.29, 1.82) is 0 Å². The highest BCUT2D eigenvalue weighted by molar-refractivity contribution is 6.32. The third-order valence-corrected chi connectivity index (χ3v) is 3.79. The van der Waals surface area contributed by atoms with Crippen molar-refractivity contribution in [2.75, 3.05) is 12.0 Å². The highest BCUT2D eigenvalue weighted by atomic mass is 35.5. The number of nitrogens with zero attached hydrogens (tertiary/aromatic N) is 1. The first-order chi connectivity index (χ1) is 10.5. The fourth-order valence-corrected chi connectivity index (χ4v) is 2.10. The number of hydrogen-bond donors (Lipinski definition) is 2. The number of nitrogens with one attached hydrogen (secondary N) is 2. The van der Waals surface area contributed by atoms with Crippen LogP contribution in [0.3, 0.4) is 0 Å². The number of aryl methyl sites for hydroxylation is 2. The van der Waals surface area contributed by atoms with E-state index in [1.54, 1.807) is 18.3 Å². The highest BCUT2D eigenvalue weighted by Gasteiger charge is 2.06. The van der Waals surface area contributed by atoms with Crippen molar-refractivity contribution in [3.8, 4) is 5.75 Å². The second-order valence-electron chi connectivity index (χ2n) is 4.63. The van der Waals surface area contributed by atoms with Gasteiger partial charge in [-0.15, -0.1) is 0 Å². The molecule has 2 N–H and O–H groups in total. The van der Waals surface area contributed by atoms with Gasteiger partial charge in [0.15, 0.2) is 11.9 Å². The van der Waals surface area contributed by atoms with Crippen LogP contribution in [0.15, 0.2) is 30.5 Å². The molecule has 2 aromatic rings. The zero-order valence-electron chi connectivity index (χ0n) is 12.1. The second-order valence-corrected chi connectivity index (χ2v) is 5.37. The van der Waals surface area contributed by atoms with E-state index in [0.29, 0.717) is 16.5 Å². The van der Waals surface area contributed by atoms with Crippen molar-refractivity contribution in [2.45, 2.75) is 13.8 Å². The highest BCUT2D eigenvalue weighted by Crippen LogP contribution is 2.25. The Morgan fingerprint density at radius 3 is 2.59 bits per heavy atom. The van der Waals surface area contributed by atoms with Crippen LogP contribution in [0.4, 0.5) is 10.5 Å². The summed E-state index contributed by atoms with van der Waals surface area (Å²) in [5.41, 5.74) is 2.27. The lowest BCUT2D eigenvalue weighted by Gasteiger charge is -2.11. The van der Waals surface area contributed by atoms with Crippen LogP contribution in [0.25, 0.3) is 0 Å². The molecule has 0 saturated heterocycles. The van der Waals surface area contributed by atoms with E-state index < -0.39 is 6.03 Å². The summed E-state index contributed by atoms with van der Waals surface area (Å²) in [6, 6.07) is 6.52. The number of rotatable bonds is 4. The van der Waals surface area contributed by atoms with Gasteiger partial charge in [0.05, 0.1) is 5.69 Å². The van der Waals surface area contributed by atoms with Crippen LogP contribution in [-0.4, -0.2) is 17.7 Å². The molecule has 0 aliphatic heterocycles. The van der Waals surface area contributed by atoms with Gasteiger partial charge in [-0.2, -0.15) is 0 Å². The molecule has 0 unspecified atom stereocenters. The summed E-state index contributed by atoms with van der Waals surface area (Å²) >= 11 is 11.9. The van der Waals surface area contributed by atoms with Crippen LogP contribution in [0.2, 0.25) is 10.2 Å². The smallest absolute Gasteiger partial charge is 0.321 e. The Morgan fingerprint density at radius 2 is 1.95 bits per heavy atom. The first-order valence-corrected chi connectivity index (χ1v) is 7.28. The number of pyridine rings is 1. The summed E-state index contributed by atoms with van der Waals surface area (Å²) in [5, 5.41) is 6.09. The maximum atomic E-state index is 11.7. The van der Waals surface area contributed by atoms with Crippen molar-refractivity contribution in [3.63, 3.8) is 0 Å². The third-order valence-electron chi connectivity index (χ3n) is 2.89. The van der Waals surface area contributed by atoms with Crippen LogP contribution in [0, 0.1) is 13.8 Å². The lowest BCUT2D eigenvalue weighted by molar-refractivity contribution is 0.234. The van der Waals surface area contributed by atoms with E-state index in [-0.39, 0.29) is 11.9 Å². The Hall–Kier alpha value is -1.98. The van der Waals surface area contributed by atoms with Gasteiger partial charge in [-0.1, -0.05) is 23.2 Å². The summed E-state index contributed by atoms with van der Waals surface area (Å²) in [6.45, 7) is 3.81. The fraction of sp³-hybridized carbons (Fsp3) is 0.200. The average molecular weight is 340 g/mol. The Labute approximate surface area is 138 Å². The van der Waals surface area contributed by atoms with Gasteiger partial charge in [-0.25, -0.2) is 9.78 Å². The molecule has 0 aliphatic rings. The number of halogens is 2. The molecule has 5 nitrogen and oxygen atoms in total. The second kappa shape index (κ2) is 7.33. The molecule has 1 aromatic heterocycles. The Morgan fingerprint density at radius 1 is 1.27 bits per heavy atom. The van der Waals surface area contributed by atoms with Gasteiger partial charge >= 0.3 is 6.03 Å². The van der Waals surface area contributed by atoms with E-state index in [4.69, 9.17) is 27.9 Å². The fourth-order valence-electron chi connectivity index (χ4n) is 1.82. The molecule has 1 aromatic carbocycles. The van der Waals surface area contributed by atoms with Crippen molar-refractivity contribution in [1.82, 2.24) is 10.3 Å². The number of carbonyl (C=O) groups is 1. The molecule has 0 radical (unpaired) electrons. The molecule has 22 heavy (non-hydrogen) atoms. The molecule has 2 amide bonds. The maximum Gasteiger partial charge on any atom is 0.321 e. The van der Waals surface area contributed by atoms with E-state index in [9.17, 15) is 4.79 Å². The van der Waals surface area contributed by atoms with Crippen LogP contribution in [0.1, 0.15) is 11.1 Å². The van der Waals surface area contributed by atoms with Crippen LogP contribution >= 0.6 is 23.2 Å². The molecular formula is C15H15Cl2N3O2. The Bertz CT molecular complexity index is 669. The quantitative estimate of drug-likeness (QED) is 0.649. The van der Waals surface area contributed by atoms with E-state index in [0.717, 1.165) is 11.1 Å². The van der Waals surface area contributed by atoms with Crippen molar-refractivity contribution in [3.05, 3.63) is 51.8 Å². The number of benzene rings is 1. The molecule has 7 heteroatoms. The topological polar surface area (TPSA) is 63.2 Å². The number of aromatic nitrogens is 1. The van der Waals surface area contributed by atoms with E-state index in [1.807, 2.05) is 26.0 Å². The number of anilines is 1. The van der Waals surface area contributed by atoms with Gasteiger partial charge in [-0.05, 0) is 49.2 Å². The maximum absolute atomic E-state index is 11.7. The number of ether oxygens (including phenoxy) is 1. The van der Waals surface area contributed by atoms with Crippen LogP contribution in [-0.2, 0) is 0 Å².